The van der Waals surface area contributed by atoms with Crippen molar-refractivity contribution in [3.05, 3.63) is 76.6 Å². The Morgan fingerprint density at radius 1 is 1.06 bits per heavy atom. The van der Waals surface area contributed by atoms with Crippen molar-refractivity contribution in [2.45, 2.75) is 26.2 Å². The molecule has 3 aromatic rings. The van der Waals surface area contributed by atoms with E-state index in [1.807, 2.05) is 30.3 Å². The lowest BCUT2D eigenvalue weighted by molar-refractivity contribution is -0.383. The summed E-state index contributed by atoms with van der Waals surface area (Å²) in [4.78, 5) is 30.9. The molecule has 1 heterocycles. The van der Waals surface area contributed by atoms with Crippen molar-refractivity contribution in [3.63, 3.8) is 0 Å². The number of nitrogens with zero attached hydrogens (tertiary/aromatic N) is 3. The van der Waals surface area contributed by atoms with Gasteiger partial charge in [-0.2, -0.15) is 0 Å². The lowest BCUT2D eigenvalue weighted by atomic mass is 10.1. The number of carbonyl (C=O) groups is 1. The molecule has 0 spiro atoms. The molecule has 0 radical (unpaired) electrons. The largest absolute Gasteiger partial charge is 0.484 e. The summed E-state index contributed by atoms with van der Waals surface area (Å²) < 4.78 is 5.34. The molecule has 0 fully saturated rings. The van der Waals surface area contributed by atoms with Gasteiger partial charge in [-0.15, -0.1) is 0 Å². The fourth-order valence-electron chi connectivity index (χ4n) is 2.84. The minimum atomic E-state index is -0.618. The third-order valence-electron chi connectivity index (χ3n) is 4.47. The molecule has 0 unspecified atom stereocenters. The van der Waals surface area contributed by atoms with Gasteiger partial charge in [-0.1, -0.05) is 43.7 Å². The number of hydrogen-bond acceptors (Lipinski definition) is 8. The first kappa shape index (κ1) is 22.5. The van der Waals surface area contributed by atoms with Crippen molar-refractivity contribution in [2.24, 2.45) is 0 Å². The second-order valence-electron chi connectivity index (χ2n) is 6.88. The quantitative estimate of drug-likeness (QED) is 0.304. The van der Waals surface area contributed by atoms with Gasteiger partial charge < -0.3 is 10.1 Å². The SMILES string of the molecule is CCCCc1ccc(Nc2ncnc(NNC(=O)COc3ccccc3)c2[N+](=O)[O-])cc1. The van der Waals surface area contributed by atoms with Gasteiger partial charge in [0.15, 0.2) is 6.61 Å². The Bertz CT molecular complexity index is 1040. The third kappa shape index (κ3) is 6.39. The van der Waals surface area contributed by atoms with Crippen molar-refractivity contribution in [3.8, 4) is 5.75 Å². The smallest absolute Gasteiger partial charge is 0.355 e. The molecule has 3 rings (SSSR count). The van der Waals surface area contributed by atoms with Gasteiger partial charge >= 0.3 is 5.69 Å². The summed E-state index contributed by atoms with van der Waals surface area (Å²) >= 11 is 0. The summed E-state index contributed by atoms with van der Waals surface area (Å²) in [6, 6.07) is 16.4. The van der Waals surface area contributed by atoms with Crippen LogP contribution >= 0.6 is 0 Å². The van der Waals surface area contributed by atoms with E-state index in [1.54, 1.807) is 24.3 Å². The van der Waals surface area contributed by atoms with E-state index >= 15 is 0 Å². The molecule has 166 valence electrons. The first-order chi connectivity index (χ1) is 15.6. The van der Waals surface area contributed by atoms with Crippen LogP contribution in [-0.2, 0) is 11.2 Å². The number of hydrogen-bond donors (Lipinski definition) is 3. The van der Waals surface area contributed by atoms with Gasteiger partial charge in [0.05, 0.1) is 4.92 Å². The summed E-state index contributed by atoms with van der Waals surface area (Å²) in [7, 11) is 0. The lowest BCUT2D eigenvalue weighted by Crippen LogP contribution is -2.34. The Hall–Kier alpha value is -4.21. The Labute approximate surface area is 185 Å². The van der Waals surface area contributed by atoms with Crippen LogP contribution in [0.4, 0.5) is 23.0 Å². The van der Waals surface area contributed by atoms with Crippen LogP contribution in [0.1, 0.15) is 25.3 Å². The number of hydrazine groups is 1. The van der Waals surface area contributed by atoms with Crippen LogP contribution in [0, 0.1) is 10.1 Å². The number of unbranched alkanes of at least 4 members (excludes halogenated alkanes) is 1. The molecular formula is C22H24N6O4. The first-order valence-electron chi connectivity index (χ1n) is 10.1. The molecule has 0 aliphatic carbocycles. The fourth-order valence-corrected chi connectivity index (χ4v) is 2.84. The molecule has 2 aromatic carbocycles. The maximum absolute atomic E-state index is 12.0. The predicted octanol–water partition coefficient (Wildman–Crippen LogP) is 3.99. The van der Waals surface area contributed by atoms with E-state index in [0.717, 1.165) is 19.3 Å². The van der Waals surface area contributed by atoms with Crippen LogP contribution < -0.4 is 20.9 Å². The molecule has 0 aliphatic heterocycles. The number of aromatic nitrogens is 2. The molecule has 10 nitrogen and oxygen atoms in total. The zero-order chi connectivity index (χ0) is 22.8. The average molecular weight is 436 g/mol. The molecule has 32 heavy (non-hydrogen) atoms. The van der Waals surface area contributed by atoms with Crippen LogP contribution in [0.3, 0.4) is 0 Å². The predicted molar refractivity (Wildman–Crippen MR) is 121 cm³/mol. The molecule has 3 N–H and O–H groups in total. The maximum Gasteiger partial charge on any atom is 0.355 e. The van der Waals surface area contributed by atoms with Crippen LogP contribution in [0.15, 0.2) is 60.9 Å². The molecule has 1 amide bonds. The lowest BCUT2D eigenvalue weighted by Gasteiger charge is -2.11. The zero-order valence-electron chi connectivity index (χ0n) is 17.6. The number of carbonyl (C=O) groups excluding carboxylic acids is 1. The summed E-state index contributed by atoms with van der Waals surface area (Å²) in [6.45, 7) is 1.86. The van der Waals surface area contributed by atoms with E-state index in [2.05, 4.69) is 33.1 Å². The van der Waals surface area contributed by atoms with Crippen LogP contribution in [0.5, 0.6) is 5.75 Å². The summed E-state index contributed by atoms with van der Waals surface area (Å²) in [6.07, 6.45) is 4.35. The number of amides is 1. The standard InChI is InChI=1S/C22H24N6O4/c1-2-3-7-16-10-12-17(13-11-16)25-21-20(28(30)31)22(24-15-23-21)27-26-19(29)14-32-18-8-5-4-6-9-18/h4-6,8-13,15H,2-3,7,14H2,1H3,(H,26,29)(H2,23,24,25,27). The number of anilines is 3. The Morgan fingerprint density at radius 3 is 2.47 bits per heavy atom. The molecule has 0 aliphatic rings. The zero-order valence-corrected chi connectivity index (χ0v) is 17.6. The molecule has 0 bridgehead atoms. The van der Waals surface area contributed by atoms with Crippen LogP contribution in [0.2, 0.25) is 0 Å². The molecule has 0 saturated carbocycles. The number of rotatable bonds is 11. The van der Waals surface area contributed by atoms with Gasteiger partial charge in [-0.05, 0) is 42.7 Å². The fraction of sp³-hybridized carbons (Fsp3) is 0.227. The number of aryl methyl sites for hydroxylation is 1. The highest BCUT2D eigenvalue weighted by Crippen LogP contribution is 2.30. The van der Waals surface area contributed by atoms with Gasteiger partial charge in [-0.3, -0.25) is 25.8 Å². The van der Waals surface area contributed by atoms with Gasteiger partial charge in [0, 0.05) is 5.69 Å². The number of nitrogens with one attached hydrogen (secondary N) is 3. The summed E-state index contributed by atoms with van der Waals surface area (Å²) in [5.74, 6) is -0.148. The Balaban J connectivity index is 1.65. The molecular weight excluding hydrogens is 412 g/mol. The molecule has 0 atom stereocenters. The van der Waals surface area contributed by atoms with Crippen molar-refractivity contribution in [2.75, 3.05) is 17.3 Å². The highest BCUT2D eigenvalue weighted by molar-refractivity contribution is 5.80. The van der Waals surface area contributed by atoms with E-state index in [1.165, 1.54) is 11.9 Å². The van der Waals surface area contributed by atoms with E-state index in [4.69, 9.17) is 4.74 Å². The number of para-hydroxylation sites is 1. The van der Waals surface area contributed by atoms with Gasteiger partial charge in [0.2, 0.25) is 11.6 Å². The summed E-state index contributed by atoms with van der Waals surface area (Å²) in [5.41, 5.74) is 6.27. The van der Waals surface area contributed by atoms with Crippen molar-refractivity contribution < 1.29 is 14.5 Å². The normalized spacial score (nSPS) is 10.3. The monoisotopic (exact) mass is 436 g/mol. The van der Waals surface area contributed by atoms with Gasteiger partial charge in [0.1, 0.15) is 12.1 Å². The van der Waals surface area contributed by atoms with Crippen LogP contribution in [-0.4, -0.2) is 27.4 Å². The average Bonchev–Trinajstić information content (AvgIpc) is 2.81. The molecule has 10 heteroatoms. The highest BCUT2D eigenvalue weighted by Gasteiger charge is 2.23. The van der Waals surface area contributed by atoms with Crippen molar-refractivity contribution in [1.29, 1.82) is 0 Å². The Morgan fingerprint density at radius 2 is 1.78 bits per heavy atom. The minimum absolute atomic E-state index is 0.00333. The van der Waals surface area contributed by atoms with Gasteiger partial charge in [0.25, 0.3) is 5.91 Å². The van der Waals surface area contributed by atoms with E-state index in [-0.39, 0.29) is 18.2 Å². The molecule has 1 aromatic heterocycles. The van der Waals surface area contributed by atoms with Crippen molar-refractivity contribution >= 4 is 28.9 Å². The topological polar surface area (TPSA) is 131 Å². The Kier molecular flexibility index (Phi) is 7.90. The van der Waals surface area contributed by atoms with E-state index < -0.39 is 16.5 Å². The second-order valence-corrected chi connectivity index (χ2v) is 6.88. The number of nitro groups is 1. The highest BCUT2D eigenvalue weighted by atomic mass is 16.6. The van der Waals surface area contributed by atoms with Gasteiger partial charge in [-0.25, -0.2) is 9.97 Å². The van der Waals surface area contributed by atoms with Crippen molar-refractivity contribution in [1.82, 2.24) is 15.4 Å². The summed E-state index contributed by atoms with van der Waals surface area (Å²) in [5, 5.41) is 14.6. The third-order valence-corrected chi connectivity index (χ3v) is 4.47. The van der Waals surface area contributed by atoms with Crippen LogP contribution in [0.25, 0.3) is 0 Å². The minimum Gasteiger partial charge on any atom is -0.484 e. The number of benzene rings is 2. The van der Waals surface area contributed by atoms with E-state index in [9.17, 15) is 14.9 Å². The maximum atomic E-state index is 12.0. The first-order valence-corrected chi connectivity index (χ1v) is 10.1. The van der Waals surface area contributed by atoms with E-state index in [0.29, 0.717) is 11.4 Å². The molecule has 0 saturated heterocycles. The second kappa shape index (κ2) is 11.3. The number of ether oxygens (including phenoxy) is 1.